The molecule has 0 bridgehead atoms. The third-order valence-electron chi connectivity index (χ3n) is 4.76. The van der Waals surface area contributed by atoms with Gasteiger partial charge < -0.3 is 14.2 Å². The summed E-state index contributed by atoms with van der Waals surface area (Å²) in [5.41, 5.74) is 2.71. The van der Waals surface area contributed by atoms with Crippen LogP contribution in [-0.4, -0.2) is 25.6 Å². The van der Waals surface area contributed by atoms with Crippen molar-refractivity contribution in [2.75, 3.05) is 13.7 Å². The van der Waals surface area contributed by atoms with E-state index in [1.807, 2.05) is 42.5 Å². The Balaban J connectivity index is 1.51. The van der Waals surface area contributed by atoms with Gasteiger partial charge in [0.05, 0.1) is 24.3 Å². The third-order valence-corrected chi connectivity index (χ3v) is 5.76. The highest BCUT2D eigenvalue weighted by Gasteiger charge is 2.26. The lowest BCUT2D eigenvalue weighted by atomic mass is 10.1. The number of aliphatic imine (C=N–C) groups is 1. The van der Waals surface area contributed by atoms with Crippen LogP contribution in [0.25, 0.3) is 6.08 Å². The molecule has 3 aromatic carbocycles. The maximum Gasteiger partial charge on any atom is 0.363 e. The first-order valence-electron chi connectivity index (χ1n) is 9.86. The van der Waals surface area contributed by atoms with E-state index in [4.69, 9.17) is 25.8 Å². The molecule has 3 aromatic rings. The van der Waals surface area contributed by atoms with Crippen LogP contribution in [0.3, 0.4) is 0 Å². The fraction of sp³-hybridized carbons (Fsp3) is 0.120. The van der Waals surface area contributed by atoms with Crippen LogP contribution in [0.5, 0.6) is 11.5 Å². The minimum Gasteiger partial charge on any atom is -0.493 e. The summed E-state index contributed by atoms with van der Waals surface area (Å²) in [5, 5.41) is 0.469. The van der Waals surface area contributed by atoms with Gasteiger partial charge in [0.15, 0.2) is 17.2 Å². The van der Waals surface area contributed by atoms with Gasteiger partial charge in [-0.2, -0.15) is 0 Å². The summed E-state index contributed by atoms with van der Waals surface area (Å²) in [5.74, 6) is 0.868. The summed E-state index contributed by atoms with van der Waals surface area (Å²) < 4.78 is 17.7. The van der Waals surface area contributed by atoms with Gasteiger partial charge >= 0.3 is 5.97 Å². The van der Waals surface area contributed by atoms with E-state index in [0.717, 1.165) is 15.6 Å². The zero-order valence-corrected chi connectivity index (χ0v) is 20.1. The number of rotatable bonds is 7. The molecule has 0 spiro atoms. The summed E-state index contributed by atoms with van der Waals surface area (Å²) in [6, 6.07) is 21.0. The van der Waals surface area contributed by atoms with Crippen LogP contribution >= 0.6 is 34.2 Å². The van der Waals surface area contributed by atoms with Gasteiger partial charge in [0.25, 0.3) is 0 Å². The molecule has 4 rings (SSSR count). The Morgan fingerprint density at radius 2 is 1.88 bits per heavy atom. The molecule has 0 unspecified atom stereocenters. The fourth-order valence-electron chi connectivity index (χ4n) is 3.16. The molecule has 0 fully saturated rings. The summed E-state index contributed by atoms with van der Waals surface area (Å²) in [6.07, 6.45) is 2.44. The second kappa shape index (κ2) is 10.2. The number of hydrogen-bond acceptors (Lipinski definition) is 5. The molecule has 0 N–H and O–H groups in total. The van der Waals surface area contributed by atoms with Crippen LogP contribution in [0.2, 0.25) is 5.02 Å². The van der Waals surface area contributed by atoms with Crippen molar-refractivity contribution >= 4 is 52.1 Å². The van der Waals surface area contributed by atoms with Crippen LogP contribution in [0.15, 0.2) is 77.4 Å². The number of halogens is 2. The molecule has 1 aliphatic heterocycles. The Morgan fingerprint density at radius 3 is 2.66 bits per heavy atom. The lowest BCUT2D eigenvalue weighted by Gasteiger charge is -2.11. The number of methoxy groups -OCH3 is 1. The molecule has 1 heterocycles. The van der Waals surface area contributed by atoms with Gasteiger partial charge in [0, 0.05) is 9.99 Å². The van der Waals surface area contributed by atoms with Crippen LogP contribution in [0.4, 0.5) is 0 Å². The van der Waals surface area contributed by atoms with E-state index in [1.54, 1.807) is 25.3 Å². The van der Waals surface area contributed by atoms with E-state index in [0.29, 0.717) is 28.7 Å². The van der Waals surface area contributed by atoms with Crippen molar-refractivity contribution in [3.8, 4) is 11.5 Å². The van der Waals surface area contributed by atoms with Gasteiger partial charge in [-0.1, -0.05) is 48.0 Å². The number of nitrogens with zero attached hydrogens (tertiary/aromatic N) is 1. The number of carbonyl (C=O) groups is 1. The first kappa shape index (κ1) is 22.4. The maximum atomic E-state index is 12.4. The van der Waals surface area contributed by atoms with E-state index in [9.17, 15) is 4.79 Å². The highest BCUT2D eigenvalue weighted by Crippen LogP contribution is 2.30. The van der Waals surface area contributed by atoms with Gasteiger partial charge in [-0.3, -0.25) is 0 Å². The molecule has 1 aliphatic rings. The molecule has 0 saturated heterocycles. The minimum atomic E-state index is -0.530. The van der Waals surface area contributed by atoms with Crippen molar-refractivity contribution in [2.45, 2.75) is 6.42 Å². The van der Waals surface area contributed by atoms with Crippen LogP contribution in [0, 0.1) is 3.57 Å². The molecule has 0 radical (unpaired) electrons. The van der Waals surface area contributed by atoms with Gasteiger partial charge in [0.2, 0.25) is 5.90 Å². The number of cyclic esters (lactones) is 1. The Hall–Kier alpha value is -2.84. The first-order valence-corrected chi connectivity index (χ1v) is 11.3. The Kier molecular flexibility index (Phi) is 7.12. The quantitative estimate of drug-likeness (QED) is 0.205. The molecule has 0 atom stereocenters. The van der Waals surface area contributed by atoms with Crippen molar-refractivity contribution in [2.24, 2.45) is 4.99 Å². The minimum absolute atomic E-state index is 0.190. The molecular formula is C25H19ClINO4. The summed E-state index contributed by atoms with van der Waals surface area (Å²) in [7, 11) is 1.58. The third kappa shape index (κ3) is 5.31. The van der Waals surface area contributed by atoms with Crippen LogP contribution in [0.1, 0.15) is 16.7 Å². The van der Waals surface area contributed by atoms with Crippen LogP contribution < -0.4 is 9.47 Å². The number of hydrogen-bond donors (Lipinski definition) is 0. The predicted octanol–water partition coefficient (Wildman–Crippen LogP) is 5.92. The topological polar surface area (TPSA) is 57.1 Å². The second-order valence-electron chi connectivity index (χ2n) is 6.95. The zero-order valence-electron chi connectivity index (χ0n) is 17.2. The van der Waals surface area contributed by atoms with Crippen molar-refractivity contribution in [3.63, 3.8) is 0 Å². The Morgan fingerprint density at radius 1 is 1.06 bits per heavy atom. The molecule has 162 valence electrons. The number of esters is 1. The highest BCUT2D eigenvalue weighted by molar-refractivity contribution is 14.1. The highest BCUT2D eigenvalue weighted by atomic mass is 127. The van der Waals surface area contributed by atoms with Crippen molar-refractivity contribution in [1.29, 1.82) is 0 Å². The van der Waals surface area contributed by atoms with Gasteiger partial charge in [-0.15, -0.1) is 0 Å². The van der Waals surface area contributed by atoms with E-state index in [-0.39, 0.29) is 11.6 Å². The summed E-state index contributed by atoms with van der Waals surface area (Å²) in [4.78, 5) is 16.7. The molecular weight excluding hydrogens is 541 g/mol. The number of ether oxygens (including phenoxy) is 3. The average molecular weight is 560 g/mol. The monoisotopic (exact) mass is 559 g/mol. The normalized spacial score (nSPS) is 14.3. The summed E-state index contributed by atoms with van der Waals surface area (Å²) in [6.45, 7) is 0.525. The molecule has 0 amide bonds. The molecule has 7 heteroatoms. The SMILES string of the molecule is COc1cc(/C=C2\N=C(c3cc(I)ccc3Cl)OC2=O)ccc1OCCc1ccccc1. The fourth-order valence-corrected chi connectivity index (χ4v) is 3.85. The molecule has 0 aromatic heterocycles. The molecule has 5 nitrogen and oxygen atoms in total. The molecule has 32 heavy (non-hydrogen) atoms. The molecule has 0 aliphatic carbocycles. The van der Waals surface area contributed by atoms with Crippen molar-refractivity contribution < 1.29 is 19.0 Å². The zero-order chi connectivity index (χ0) is 22.5. The second-order valence-corrected chi connectivity index (χ2v) is 8.61. The first-order chi connectivity index (χ1) is 15.5. The van der Waals surface area contributed by atoms with Gasteiger partial charge in [-0.25, -0.2) is 9.79 Å². The van der Waals surface area contributed by atoms with E-state index in [1.165, 1.54) is 5.56 Å². The maximum absolute atomic E-state index is 12.4. The van der Waals surface area contributed by atoms with Crippen molar-refractivity contribution in [1.82, 2.24) is 0 Å². The lowest BCUT2D eigenvalue weighted by molar-refractivity contribution is -0.129. The van der Waals surface area contributed by atoms with Gasteiger partial charge in [-0.05, 0) is 70.1 Å². The largest absolute Gasteiger partial charge is 0.493 e. The standard InChI is InChI=1S/C25H19ClINO4/c1-30-23-14-17(7-10-22(23)31-12-11-16-5-3-2-4-6-16)13-21-25(29)32-24(28-21)19-15-18(27)8-9-20(19)26/h2-10,13-15H,11-12H2,1H3/b21-13-. The lowest BCUT2D eigenvalue weighted by Crippen LogP contribution is -2.06. The van der Waals surface area contributed by atoms with Crippen LogP contribution in [-0.2, 0) is 16.0 Å². The van der Waals surface area contributed by atoms with Crippen molar-refractivity contribution in [3.05, 3.63) is 97.7 Å². The van der Waals surface area contributed by atoms with E-state index >= 15 is 0 Å². The summed E-state index contributed by atoms with van der Waals surface area (Å²) >= 11 is 8.41. The molecule has 0 saturated carbocycles. The number of benzene rings is 3. The Bertz CT molecular complexity index is 1210. The average Bonchev–Trinajstić information content (AvgIpc) is 3.16. The van der Waals surface area contributed by atoms with E-state index in [2.05, 4.69) is 39.7 Å². The van der Waals surface area contributed by atoms with E-state index < -0.39 is 5.97 Å². The Labute approximate surface area is 204 Å². The predicted molar refractivity (Wildman–Crippen MR) is 133 cm³/mol. The smallest absolute Gasteiger partial charge is 0.363 e. The number of carbonyl (C=O) groups excluding carboxylic acids is 1. The van der Waals surface area contributed by atoms with Gasteiger partial charge in [0.1, 0.15) is 0 Å².